The molecule has 0 spiro atoms. The molecule has 6 heteroatoms. The Morgan fingerprint density at radius 1 is 1.33 bits per heavy atom. The second-order valence-electron chi connectivity index (χ2n) is 7.49. The van der Waals surface area contributed by atoms with Gasteiger partial charge in [-0.2, -0.15) is 9.89 Å². The summed E-state index contributed by atoms with van der Waals surface area (Å²) in [4.78, 5) is 10.6. The van der Waals surface area contributed by atoms with Crippen molar-refractivity contribution in [3.05, 3.63) is 58.9 Å². The number of benzene rings is 1. The summed E-state index contributed by atoms with van der Waals surface area (Å²) in [5.74, 6) is 0. The summed E-state index contributed by atoms with van der Waals surface area (Å²) in [6.07, 6.45) is 9.49. The maximum atomic E-state index is 13.5. The van der Waals surface area contributed by atoms with E-state index in [1.165, 1.54) is 11.1 Å². The topological polar surface area (TPSA) is 45.8 Å². The van der Waals surface area contributed by atoms with E-state index >= 15 is 0 Å². The Balaban J connectivity index is 2.21. The summed E-state index contributed by atoms with van der Waals surface area (Å²) >= 11 is 0. The molecule has 5 nitrogen and oxygen atoms in total. The number of aliphatic imine (C=N–C) groups is 2. The van der Waals surface area contributed by atoms with E-state index < -0.39 is 6.17 Å². The number of nitrogens with zero attached hydrogens (tertiary/aromatic N) is 5. The molecular weight excluding hydrogens is 377 g/mol. The van der Waals surface area contributed by atoms with Crippen molar-refractivity contribution in [1.29, 1.82) is 0 Å². The fraction of sp³-hybridized carbons (Fsp3) is 0.375. The summed E-state index contributed by atoms with van der Waals surface area (Å²) < 4.78 is 13.5. The molecule has 30 heavy (non-hydrogen) atoms. The molecule has 1 aliphatic heterocycles. The molecule has 0 aliphatic carbocycles. The van der Waals surface area contributed by atoms with Crippen molar-refractivity contribution in [2.75, 3.05) is 25.1 Å². The minimum atomic E-state index is -0.800. The van der Waals surface area contributed by atoms with Gasteiger partial charge in [0.1, 0.15) is 11.9 Å². The van der Waals surface area contributed by atoms with Gasteiger partial charge < -0.3 is 0 Å². The van der Waals surface area contributed by atoms with E-state index in [-0.39, 0.29) is 0 Å². The van der Waals surface area contributed by atoms with Gasteiger partial charge >= 0.3 is 0 Å². The predicted octanol–water partition coefficient (Wildman–Crippen LogP) is 4.79. The summed E-state index contributed by atoms with van der Waals surface area (Å²) in [5, 5.41) is 6.78. The average Bonchev–Trinajstić information content (AvgIpc) is 3.14. The molecule has 1 aromatic carbocycles. The smallest absolute Gasteiger partial charge is 0.138 e. The van der Waals surface area contributed by atoms with Gasteiger partial charge in [-0.15, -0.1) is 0 Å². The quantitative estimate of drug-likeness (QED) is 0.620. The molecular formula is C24H30FN5. The van der Waals surface area contributed by atoms with E-state index in [2.05, 4.69) is 42.0 Å². The molecule has 0 bridgehead atoms. The van der Waals surface area contributed by atoms with Crippen molar-refractivity contribution in [3.8, 4) is 11.3 Å². The van der Waals surface area contributed by atoms with Crippen LogP contribution in [0.3, 0.4) is 0 Å². The first-order valence-electron chi connectivity index (χ1n) is 10.4. The largest absolute Gasteiger partial charge is 0.296 e. The van der Waals surface area contributed by atoms with Crippen LogP contribution in [-0.4, -0.2) is 48.6 Å². The summed E-state index contributed by atoms with van der Waals surface area (Å²) in [6, 6.07) is 6.45. The normalized spacial score (nSPS) is 16.1. The van der Waals surface area contributed by atoms with Gasteiger partial charge in [0.25, 0.3) is 0 Å². The molecule has 3 rings (SSSR count). The fourth-order valence-corrected chi connectivity index (χ4v) is 3.49. The third-order valence-corrected chi connectivity index (χ3v) is 5.20. The number of allylic oxidation sites excluding steroid dienone is 4. The number of aryl methyl sites for hydroxylation is 2. The van der Waals surface area contributed by atoms with Crippen LogP contribution in [0, 0.1) is 6.92 Å². The number of hydrogen-bond acceptors (Lipinski definition) is 4. The van der Waals surface area contributed by atoms with Gasteiger partial charge in [-0.3, -0.25) is 15.0 Å². The SMILES string of the molecule is C\C=C/C=N\C(C)=C(\C=N/C)c1cn(N2CC(F)C2)nc1-c1cc(C)ccc1CC. The Hall–Kier alpha value is -3.02. The van der Waals surface area contributed by atoms with Crippen molar-refractivity contribution in [1.82, 2.24) is 9.89 Å². The first kappa shape index (κ1) is 21.7. The second-order valence-corrected chi connectivity index (χ2v) is 7.49. The maximum Gasteiger partial charge on any atom is 0.138 e. The average molecular weight is 408 g/mol. The standard InChI is InChI=1S/C24H30FN5/c1-6-8-11-27-18(4)22(13-26-5)23-16-30(29-14-20(25)15-29)28-24(23)21-12-17(3)9-10-19(21)7-2/h6,8-13,16,20H,7,14-15H2,1-5H3/b8-6-,22-18-,26-13-,27-11-. The van der Waals surface area contributed by atoms with Crippen LogP contribution in [0.1, 0.15) is 37.5 Å². The van der Waals surface area contributed by atoms with E-state index in [1.807, 2.05) is 43.4 Å². The van der Waals surface area contributed by atoms with Crippen LogP contribution in [0.25, 0.3) is 16.8 Å². The lowest BCUT2D eigenvalue weighted by atomic mass is 9.95. The zero-order valence-corrected chi connectivity index (χ0v) is 18.4. The Morgan fingerprint density at radius 2 is 2.10 bits per heavy atom. The molecule has 0 N–H and O–H groups in total. The van der Waals surface area contributed by atoms with Crippen LogP contribution >= 0.6 is 0 Å². The van der Waals surface area contributed by atoms with E-state index in [0.29, 0.717) is 13.1 Å². The number of halogens is 1. The van der Waals surface area contributed by atoms with Gasteiger partial charge in [0.05, 0.1) is 19.3 Å². The lowest BCUT2D eigenvalue weighted by Gasteiger charge is -2.35. The molecule has 158 valence electrons. The number of hydrogen-bond donors (Lipinski definition) is 0. The van der Waals surface area contributed by atoms with Gasteiger partial charge in [0, 0.05) is 41.9 Å². The Morgan fingerprint density at radius 3 is 2.73 bits per heavy atom. The van der Waals surface area contributed by atoms with Gasteiger partial charge in [-0.25, -0.2) is 4.39 Å². The van der Waals surface area contributed by atoms with Crippen molar-refractivity contribution < 1.29 is 4.39 Å². The van der Waals surface area contributed by atoms with Gasteiger partial charge in [-0.05, 0) is 44.9 Å². The third-order valence-electron chi connectivity index (χ3n) is 5.20. The Labute approximate surface area is 178 Å². The fourth-order valence-electron chi connectivity index (χ4n) is 3.49. The highest BCUT2D eigenvalue weighted by molar-refractivity contribution is 6.13. The zero-order valence-electron chi connectivity index (χ0n) is 18.4. The minimum Gasteiger partial charge on any atom is -0.296 e. The van der Waals surface area contributed by atoms with Crippen molar-refractivity contribution in [2.45, 2.75) is 40.3 Å². The van der Waals surface area contributed by atoms with Gasteiger partial charge in [0.2, 0.25) is 0 Å². The van der Waals surface area contributed by atoms with E-state index in [0.717, 1.165) is 34.5 Å². The molecule has 2 aromatic rings. The van der Waals surface area contributed by atoms with E-state index in [4.69, 9.17) is 5.10 Å². The van der Waals surface area contributed by atoms with Gasteiger partial charge in [0.15, 0.2) is 0 Å². The van der Waals surface area contributed by atoms with Crippen molar-refractivity contribution in [3.63, 3.8) is 0 Å². The Kier molecular flexibility index (Phi) is 6.98. The van der Waals surface area contributed by atoms with Crippen LogP contribution < -0.4 is 5.01 Å². The number of rotatable bonds is 7. The van der Waals surface area contributed by atoms with E-state index in [1.54, 1.807) is 18.1 Å². The highest BCUT2D eigenvalue weighted by atomic mass is 19.1. The first-order valence-corrected chi connectivity index (χ1v) is 10.4. The third kappa shape index (κ3) is 4.58. The molecule has 1 fully saturated rings. The molecule has 2 heterocycles. The molecule has 1 saturated heterocycles. The van der Waals surface area contributed by atoms with Gasteiger partial charge in [-0.1, -0.05) is 30.7 Å². The number of aromatic nitrogens is 2. The van der Waals surface area contributed by atoms with Crippen LogP contribution in [0.2, 0.25) is 0 Å². The molecule has 1 aliphatic rings. The summed E-state index contributed by atoms with van der Waals surface area (Å²) in [5.41, 5.74) is 7.05. The van der Waals surface area contributed by atoms with Crippen LogP contribution in [0.4, 0.5) is 4.39 Å². The first-order chi connectivity index (χ1) is 14.5. The van der Waals surface area contributed by atoms with Crippen molar-refractivity contribution in [2.24, 2.45) is 9.98 Å². The van der Waals surface area contributed by atoms with Crippen molar-refractivity contribution >= 4 is 18.0 Å². The highest BCUT2D eigenvalue weighted by Gasteiger charge is 2.29. The van der Waals surface area contributed by atoms with Crippen LogP contribution in [0.5, 0.6) is 0 Å². The van der Waals surface area contributed by atoms with Crippen LogP contribution in [0.15, 0.2) is 52.2 Å². The number of alkyl halides is 1. The Bertz CT molecular complexity index is 1010. The minimum absolute atomic E-state index is 0.356. The lowest BCUT2D eigenvalue weighted by Crippen LogP contribution is -2.55. The zero-order chi connectivity index (χ0) is 21.7. The molecule has 0 radical (unpaired) electrons. The summed E-state index contributed by atoms with van der Waals surface area (Å²) in [7, 11) is 1.75. The highest BCUT2D eigenvalue weighted by Crippen LogP contribution is 2.33. The molecule has 0 atom stereocenters. The monoisotopic (exact) mass is 407 g/mol. The molecule has 1 aromatic heterocycles. The maximum absolute atomic E-state index is 13.5. The van der Waals surface area contributed by atoms with Crippen LogP contribution in [-0.2, 0) is 6.42 Å². The lowest BCUT2D eigenvalue weighted by molar-refractivity contribution is 0.227. The molecule has 0 amide bonds. The molecule has 0 saturated carbocycles. The summed E-state index contributed by atoms with van der Waals surface area (Å²) in [6.45, 7) is 8.86. The predicted molar refractivity (Wildman–Crippen MR) is 125 cm³/mol. The van der Waals surface area contributed by atoms with E-state index in [9.17, 15) is 4.39 Å². The second kappa shape index (κ2) is 9.65. The molecule has 0 unspecified atom stereocenters.